The van der Waals surface area contributed by atoms with Gasteiger partial charge in [-0.05, 0) is 36.1 Å². The van der Waals surface area contributed by atoms with E-state index in [-0.39, 0.29) is 0 Å². The highest BCUT2D eigenvalue weighted by molar-refractivity contribution is 9.10. The molecule has 1 unspecified atom stereocenters. The molecule has 1 atom stereocenters. The number of thiazole rings is 1. The second kappa shape index (κ2) is 6.07. The van der Waals surface area contributed by atoms with Gasteiger partial charge in [-0.2, -0.15) is 11.8 Å². The largest absolute Gasteiger partial charge is 0.361 e. The number of benzene rings is 1. The van der Waals surface area contributed by atoms with Crippen LogP contribution in [0.4, 0.5) is 5.13 Å². The summed E-state index contributed by atoms with van der Waals surface area (Å²) in [6.45, 7) is 3.25. The van der Waals surface area contributed by atoms with Crippen molar-refractivity contribution in [1.82, 2.24) is 4.98 Å². The van der Waals surface area contributed by atoms with Gasteiger partial charge in [0.05, 0.1) is 10.2 Å². The number of nitrogens with one attached hydrogen (secondary N) is 1. The van der Waals surface area contributed by atoms with E-state index in [0.717, 1.165) is 21.7 Å². The van der Waals surface area contributed by atoms with Crippen molar-refractivity contribution in [3.05, 3.63) is 22.7 Å². The molecule has 1 heterocycles. The second-order valence-electron chi connectivity index (χ2n) is 4.07. The number of anilines is 1. The summed E-state index contributed by atoms with van der Waals surface area (Å²) in [7, 11) is 0. The van der Waals surface area contributed by atoms with Crippen LogP contribution in [-0.4, -0.2) is 23.5 Å². The normalized spacial score (nSPS) is 12.9. The zero-order valence-corrected chi connectivity index (χ0v) is 13.1. The minimum atomic E-state index is 0.670. The highest BCUT2D eigenvalue weighted by atomic mass is 79.9. The summed E-state index contributed by atoms with van der Waals surface area (Å²) in [5.74, 6) is 1.85. The summed E-state index contributed by atoms with van der Waals surface area (Å²) in [4.78, 5) is 4.57. The fourth-order valence-corrected chi connectivity index (χ4v) is 3.69. The van der Waals surface area contributed by atoms with Gasteiger partial charge in [0.1, 0.15) is 0 Å². The highest BCUT2D eigenvalue weighted by Crippen LogP contribution is 2.28. The molecule has 0 fully saturated rings. The molecular formula is C12H15BrN2S2. The fraction of sp³-hybridized carbons (Fsp3) is 0.417. The van der Waals surface area contributed by atoms with Crippen LogP contribution in [0, 0.1) is 5.92 Å². The lowest BCUT2D eigenvalue weighted by molar-refractivity contribution is 0.701. The number of fused-ring (bicyclic) bond motifs is 1. The maximum atomic E-state index is 4.57. The molecule has 92 valence electrons. The molecule has 5 heteroatoms. The molecule has 2 nitrogen and oxygen atoms in total. The van der Waals surface area contributed by atoms with Crippen molar-refractivity contribution in [3.63, 3.8) is 0 Å². The molecule has 0 spiro atoms. The molecule has 1 N–H and O–H groups in total. The predicted molar refractivity (Wildman–Crippen MR) is 83.4 cm³/mol. The Morgan fingerprint density at radius 1 is 1.53 bits per heavy atom. The van der Waals surface area contributed by atoms with E-state index >= 15 is 0 Å². The van der Waals surface area contributed by atoms with E-state index in [1.165, 1.54) is 10.5 Å². The van der Waals surface area contributed by atoms with E-state index in [1.54, 1.807) is 11.3 Å². The van der Waals surface area contributed by atoms with E-state index in [4.69, 9.17) is 0 Å². The van der Waals surface area contributed by atoms with Crippen LogP contribution in [0.2, 0.25) is 0 Å². The van der Waals surface area contributed by atoms with Crippen molar-refractivity contribution in [2.24, 2.45) is 5.92 Å². The van der Waals surface area contributed by atoms with Crippen molar-refractivity contribution in [2.45, 2.75) is 6.92 Å². The van der Waals surface area contributed by atoms with Gasteiger partial charge >= 0.3 is 0 Å². The smallest absolute Gasteiger partial charge is 0.183 e. The summed E-state index contributed by atoms with van der Waals surface area (Å²) in [5.41, 5.74) is 1.07. The third kappa shape index (κ3) is 3.60. The quantitative estimate of drug-likeness (QED) is 0.875. The van der Waals surface area contributed by atoms with Crippen molar-refractivity contribution < 1.29 is 0 Å². The summed E-state index contributed by atoms with van der Waals surface area (Å²) in [6, 6.07) is 6.19. The van der Waals surface area contributed by atoms with Crippen LogP contribution < -0.4 is 5.32 Å². The zero-order valence-electron chi connectivity index (χ0n) is 9.87. The lowest BCUT2D eigenvalue weighted by Crippen LogP contribution is -2.12. The van der Waals surface area contributed by atoms with Gasteiger partial charge in [0, 0.05) is 11.0 Å². The number of rotatable bonds is 5. The number of halogens is 1. The van der Waals surface area contributed by atoms with Crippen molar-refractivity contribution in [1.29, 1.82) is 0 Å². The molecule has 17 heavy (non-hydrogen) atoms. The average Bonchev–Trinajstić information content (AvgIpc) is 2.68. The number of hydrogen-bond acceptors (Lipinski definition) is 4. The summed E-state index contributed by atoms with van der Waals surface area (Å²) in [6.07, 6.45) is 2.14. The topological polar surface area (TPSA) is 24.9 Å². The Morgan fingerprint density at radius 2 is 2.35 bits per heavy atom. The molecular weight excluding hydrogens is 316 g/mol. The highest BCUT2D eigenvalue weighted by Gasteiger charge is 2.05. The van der Waals surface area contributed by atoms with Crippen molar-refractivity contribution >= 4 is 54.4 Å². The van der Waals surface area contributed by atoms with Crippen LogP contribution in [0.15, 0.2) is 22.7 Å². The fourth-order valence-electron chi connectivity index (χ4n) is 1.58. The lowest BCUT2D eigenvalue weighted by atomic mass is 10.2. The standard InChI is InChI=1S/C12H15BrN2S2/c1-8(7-16-2)6-14-12-15-10-4-3-9(13)5-11(10)17-12/h3-5,8H,6-7H2,1-2H3,(H,14,15). The molecule has 2 rings (SSSR count). The second-order valence-corrected chi connectivity index (χ2v) is 6.93. The number of thioether (sulfide) groups is 1. The van der Waals surface area contributed by atoms with Crippen LogP contribution >= 0.6 is 39.0 Å². The minimum absolute atomic E-state index is 0.670. The van der Waals surface area contributed by atoms with Gasteiger partial charge in [-0.1, -0.05) is 34.2 Å². The molecule has 0 radical (unpaired) electrons. The summed E-state index contributed by atoms with van der Waals surface area (Å²) >= 11 is 7.08. The van der Waals surface area contributed by atoms with Gasteiger partial charge in [-0.15, -0.1) is 0 Å². The number of nitrogens with zero attached hydrogens (tertiary/aromatic N) is 1. The molecule has 0 aliphatic heterocycles. The first-order valence-electron chi connectivity index (χ1n) is 5.48. The van der Waals surface area contributed by atoms with Crippen LogP contribution in [0.25, 0.3) is 10.2 Å². The van der Waals surface area contributed by atoms with Crippen molar-refractivity contribution in [3.8, 4) is 0 Å². The average molecular weight is 331 g/mol. The van der Waals surface area contributed by atoms with E-state index in [1.807, 2.05) is 23.9 Å². The van der Waals surface area contributed by atoms with Gasteiger partial charge in [-0.25, -0.2) is 4.98 Å². The van der Waals surface area contributed by atoms with Gasteiger partial charge in [0.15, 0.2) is 5.13 Å². The number of aromatic nitrogens is 1. The molecule has 1 aromatic heterocycles. The van der Waals surface area contributed by atoms with E-state index in [0.29, 0.717) is 5.92 Å². The monoisotopic (exact) mass is 330 g/mol. The summed E-state index contributed by atoms with van der Waals surface area (Å²) in [5, 5.41) is 4.44. The Morgan fingerprint density at radius 3 is 3.12 bits per heavy atom. The van der Waals surface area contributed by atoms with Crippen molar-refractivity contribution in [2.75, 3.05) is 23.9 Å². The SMILES string of the molecule is CSCC(C)CNc1nc2ccc(Br)cc2s1. The van der Waals surface area contributed by atoms with Gasteiger partial charge in [0.2, 0.25) is 0 Å². The van der Waals surface area contributed by atoms with E-state index in [9.17, 15) is 0 Å². The first-order valence-corrected chi connectivity index (χ1v) is 8.48. The Bertz CT molecular complexity index is 498. The van der Waals surface area contributed by atoms with Crippen LogP contribution in [0.1, 0.15) is 6.92 Å². The molecule has 0 aliphatic carbocycles. The maximum Gasteiger partial charge on any atom is 0.183 e. The van der Waals surface area contributed by atoms with Crippen LogP contribution in [0.3, 0.4) is 0 Å². The molecule has 0 aliphatic rings. The maximum absolute atomic E-state index is 4.57. The Balaban J connectivity index is 2.04. The van der Waals surface area contributed by atoms with Crippen LogP contribution in [0.5, 0.6) is 0 Å². The van der Waals surface area contributed by atoms with Gasteiger partial charge in [0.25, 0.3) is 0 Å². The first kappa shape index (κ1) is 13.2. The molecule has 1 aromatic carbocycles. The van der Waals surface area contributed by atoms with E-state index < -0.39 is 0 Å². The zero-order chi connectivity index (χ0) is 12.3. The predicted octanol–water partition coefficient (Wildman–Crippen LogP) is 4.47. The Kier molecular flexibility index (Phi) is 4.70. The molecule has 0 saturated heterocycles. The third-order valence-corrected chi connectivity index (χ3v) is 4.77. The summed E-state index contributed by atoms with van der Waals surface area (Å²) < 4.78 is 2.33. The van der Waals surface area contributed by atoms with E-state index in [2.05, 4.69) is 45.5 Å². The number of hydrogen-bond donors (Lipinski definition) is 1. The molecule has 0 bridgehead atoms. The Labute approximate surface area is 118 Å². The third-order valence-electron chi connectivity index (χ3n) is 2.40. The molecule has 0 amide bonds. The van der Waals surface area contributed by atoms with Gasteiger partial charge < -0.3 is 5.32 Å². The first-order chi connectivity index (χ1) is 8.19. The minimum Gasteiger partial charge on any atom is -0.361 e. The van der Waals surface area contributed by atoms with Crippen LogP contribution in [-0.2, 0) is 0 Å². The Hall–Kier alpha value is -0.260. The lowest BCUT2D eigenvalue weighted by Gasteiger charge is -2.09. The molecule has 0 saturated carbocycles. The van der Waals surface area contributed by atoms with Gasteiger partial charge in [-0.3, -0.25) is 0 Å². The molecule has 2 aromatic rings.